The Labute approximate surface area is 130 Å². The standard InChI is InChI=1S/C12H16ClNO5S2/c1-3-19-11-5-4-9(21(13,17)18)8-10(11)12(15)14-6-7-20(2)16/h4-5,8H,3,6-7H2,1-2H3,(H,14,15). The fraction of sp³-hybridized carbons (Fsp3) is 0.417. The summed E-state index contributed by atoms with van der Waals surface area (Å²) in [6, 6.07) is 3.81. The van der Waals surface area contributed by atoms with Gasteiger partial charge in [-0.15, -0.1) is 0 Å². The summed E-state index contributed by atoms with van der Waals surface area (Å²) in [6.07, 6.45) is 1.53. The van der Waals surface area contributed by atoms with Crippen molar-refractivity contribution in [2.45, 2.75) is 11.8 Å². The highest BCUT2D eigenvalue weighted by Gasteiger charge is 2.18. The maximum Gasteiger partial charge on any atom is 0.261 e. The molecule has 0 aliphatic carbocycles. The molecule has 1 N–H and O–H groups in total. The number of halogens is 1. The van der Waals surface area contributed by atoms with Crippen LogP contribution in [-0.4, -0.2) is 43.7 Å². The summed E-state index contributed by atoms with van der Waals surface area (Å²) in [6.45, 7) is 2.28. The Hall–Kier alpha value is -1.12. The van der Waals surface area contributed by atoms with Crippen molar-refractivity contribution in [2.75, 3.05) is 25.2 Å². The van der Waals surface area contributed by atoms with Crippen molar-refractivity contribution in [1.29, 1.82) is 0 Å². The maximum atomic E-state index is 12.1. The van der Waals surface area contributed by atoms with E-state index in [-0.39, 0.29) is 22.8 Å². The van der Waals surface area contributed by atoms with Gasteiger partial charge in [-0.3, -0.25) is 9.00 Å². The SMILES string of the molecule is CCOc1ccc(S(=O)(=O)Cl)cc1C(=O)NCCS(C)=O. The zero-order valence-electron chi connectivity index (χ0n) is 11.6. The van der Waals surface area contributed by atoms with Gasteiger partial charge in [-0.2, -0.15) is 0 Å². The minimum Gasteiger partial charge on any atom is -0.493 e. The van der Waals surface area contributed by atoms with Crippen LogP contribution in [-0.2, 0) is 19.9 Å². The minimum absolute atomic E-state index is 0.0699. The Bertz CT molecular complexity index is 645. The van der Waals surface area contributed by atoms with E-state index in [9.17, 15) is 17.4 Å². The van der Waals surface area contributed by atoms with Crippen LogP contribution in [0.4, 0.5) is 0 Å². The van der Waals surface area contributed by atoms with Gasteiger partial charge in [0.1, 0.15) is 5.75 Å². The van der Waals surface area contributed by atoms with Crippen LogP contribution in [0, 0.1) is 0 Å². The van der Waals surface area contributed by atoms with E-state index in [1.807, 2.05) is 0 Å². The lowest BCUT2D eigenvalue weighted by molar-refractivity contribution is 0.0952. The second-order valence-corrected chi connectivity index (χ2v) is 8.18. The van der Waals surface area contributed by atoms with Crippen LogP contribution in [0.3, 0.4) is 0 Å². The van der Waals surface area contributed by atoms with E-state index in [1.54, 1.807) is 6.92 Å². The zero-order valence-corrected chi connectivity index (χ0v) is 14.0. The van der Waals surface area contributed by atoms with Gasteiger partial charge in [-0.25, -0.2) is 8.42 Å². The quantitative estimate of drug-likeness (QED) is 0.742. The summed E-state index contributed by atoms with van der Waals surface area (Å²) >= 11 is 0. The number of hydrogen-bond acceptors (Lipinski definition) is 5. The molecule has 0 spiro atoms. The van der Waals surface area contributed by atoms with Crippen LogP contribution in [0.15, 0.2) is 23.1 Å². The first kappa shape index (κ1) is 17.9. The molecule has 0 saturated carbocycles. The van der Waals surface area contributed by atoms with E-state index >= 15 is 0 Å². The third-order valence-electron chi connectivity index (χ3n) is 2.45. The molecular weight excluding hydrogens is 338 g/mol. The highest BCUT2D eigenvalue weighted by molar-refractivity contribution is 8.13. The van der Waals surface area contributed by atoms with Crippen LogP contribution in [0.5, 0.6) is 5.75 Å². The molecule has 118 valence electrons. The largest absolute Gasteiger partial charge is 0.493 e. The Morgan fingerprint density at radius 3 is 2.62 bits per heavy atom. The highest BCUT2D eigenvalue weighted by atomic mass is 35.7. The molecule has 1 atom stereocenters. The van der Waals surface area contributed by atoms with Crippen LogP contribution in [0.25, 0.3) is 0 Å². The Morgan fingerprint density at radius 2 is 2.10 bits per heavy atom. The second kappa shape index (κ2) is 7.77. The molecule has 1 rings (SSSR count). The van der Waals surface area contributed by atoms with Crippen molar-refractivity contribution in [2.24, 2.45) is 0 Å². The lowest BCUT2D eigenvalue weighted by Gasteiger charge is -2.11. The van der Waals surface area contributed by atoms with Crippen LogP contribution < -0.4 is 10.1 Å². The molecule has 0 bridgehead atoms. The van der Waals surface area contributed by atoms with E-state index < -0.39 is 25.8 Å². The Morgan fingerprint density at radius 1 is 1.43 bits per heavy atom. The van der Waals surface area contributed by atoms with E-state index in [0.717, 1.165) is 6.07 Å². The molecule has 0 fully saturated rings. The van der Waals surface area contributed by atoms with Crippen LogP contribution in [0.2, 0.25) is 0 Å². The van der Waals surface area contributed by atoms with Gasteiger partial charge >= 0.3 is 0 Å². The summed E-state index contributed by atoms with van der Waals surface area (Å²) in [5, 5.41) is 2.56. The first-order valence-electron chi connectivity index (χ1n) is 6.05. The Balaban J connectivity index is 3.05. The fourth-order valence-corrected chi connectivity index (χ4v) is 2.69. The number of amides is 1. The monoisotopic (exact) mass is 353 g/mol. The molecule has 0 aliphatic heterocycles. The minimum atomic E-state index is -3.94. The first-order chi connectivity index (χ1) is 9.75. The van der Waals surface area contributed by atoms with Gasteiger partial charge in [0.25, 0.3) is 15.0 Å². The van der Waals surface area contributed by atoms with Crippen LogP contribution in [0.1, 0.15) is 17.3 Å². The van der Waals surface area contributed by atoms with Gasteiger partial charge < -0.3 is 10.1 Å². The number of ether oxygens (including phenoxy) is 1. The van der Waals surface area contributed by atoms with Crippen molar-refractivity contribution in [1.82, 2.24) is 5.32 Å². The van der Waals surface area contributed by atoms with Gasteiger partial charge in [0.05, 0.1) is 17.1 Å². The number of carbonyl (C=O) groups excluding carboxylic acids is 1. The van der Waals surface area contributed by atoms with Crippen molar-refractivity contribution in [3.8, 4) is 5.75 Å². The molecule has 21 heavy (non-hydrogen) atoms. The van der Waals surface area contributed by atoms with Gasteiger partial charge in [-0.1, -0.05) is 0 Å². The number of benzene rings is 1. The average Bonchev–Trinajstić information content (AvgIpc) is 2.37. The predicted octanol–water partition coefficient (Wildman–Crippen LogP) is 1.12. The number of carbonyl (C=O) groups is 1. The third-order valence-corrected chi connectivity index (χ3v) is 4.58. The molecule has 0 heterocycles. The second-order valence-electron chi connectivity index (χ2n) is 4.06. The first-order valence-corrected chi connectivity index (χ1v) is 10.1. The lowest BCUT2D eigenvalue weighted by atomic mass is 10.2. The molecule has 1 aromatic carbocycles. The van der Waals surface area contributed by atoms with E-state index in [2.05, 4.69) is 5.32 Å². The van der Waals surface area contributed by atoms with Crippen LogP contribution >= 0.6 is 10.7 Å². The summed E-state index contributed by atoms with van der Waals surface area (Å²) in [4.78, 5) is 11.9. The van der Waals surface area contributed by atoms with E-state index in [4.69, 9.17) is 15.4 Å². The van der Waals surface area contributed by atoms with Gasteiger partial charge in [0, 0.05) is 40.0 Å². The smallest absolute Gasteiger partial charge is 0.261 e. The fourth-order valence-electron chi connectivity index (χ4n) is 1.52. The van der Waals surface area contributed by atoms with Crippen molar-refractivity contribution in [3.63, 3.8) is 0 Å². The third kappa shape index (κ3) is 5.64. The summed E-state index contributed by atoms with van der Waals surface area (Å²) < 4.78 is 38.9. The maximum absolute atomic E-state index is 12.1. The number of rotatable bonds is 7. The van der Waals surface area contributed by atoms with Gasteiger partial charge in [0.2, 0.25) is 0 Å². The number of hydrogen-bond donors (Lipinski definition) is 1. The molecule has 1 unspecified atom stereocenters. The average molecular weight is 354 g/mol. The predicted molar refractivity (Wildman–Crippen MR) is 81.9 cm³/mol. The topological polar surface area (TPSA) is 89.5 Å². The molecule has 1 amide bonds. The van der Waals surface area contributed by atoms with Crippen molar-refractivity contribution >= 4 is 36.4 Å². The molecule has 9 heteroatoms. The Kier molecular flexibility index (Phi) is 6.63. The summed E-state index contributed by atoms with van der Waals surface area (Å²) in [7, 11) is 0.305. The molecule has 0 aliphatic rings. The molecular formula is C12H16ClNO5S2. The lowest BCUT2D eigenvalue weighted by Crippen LogP contribution is -2.28. The van der Waals surface area contributed by atoms with Crippen molar-refractivity contribution < 1.29 is 22.2 Å². The molecule has 6 nitrogen and oxygen atoms in total. The molecule has 0 radical (unpaired) electrons. The molecule has 0 saturated heterocycles. The van der Waals surface area contributed by atoms with Gasteiger partial charge in [-0.05, 0) is 25.1 Å². The zero-order chi connectivity index (χ0) is 16.0. The highest BCUT2D eigenvalue weighted by Crippen LogP contribution is 2.24. The van der Waals surface area contributed by atoms with E-state index in [1.165, 1.54) is 18.4 Å². The van der Waals surface area contributed by atoms with E-state index in [0.29, 0.717) is 12.4 Å². The van der Waals surface area contributed by atoms with Gasteiger partial charge in [0.15, 0.2) is 0 Å². The van der Waals surface area contributed by atoms with Crippen molar-refractivity contribution in [3.05, 3.63) is 23.8 Å². The number of nitrogens with one attached hydrogen (secondary N) is 1. The normalized spacial score (nSPS) is 12.7. The molecule has 1 aromatic rings. The molecule has 0 aromatic heterocycles. The summed E-state index contributed by atoms with van der Waals surface area (Å²) in [5.74, 6) is 0.0613. The summed E-state index contributed by atoms with van der Waals surface area (Å²) in [5.41, 5.74) is 0.0699.